The van der Waals surface area contributed by atoms with Gasteiger partial charge in [0.1, 0.15) is 0 Å². The number of rotatable bonds is 4. The summed E-state index contributed by atoms with van der Waals surface area (Å²) < 4.78 is 0. The SMILES string of the molecule is CC(NCC1CCCCC1C)c1ccc2c(c1)CCCC2. The van der Waals surface area contributed by atoms with Gasteiger partial charge in [0.15, 0.2) is 0 Å². The van der Waals surface area contributed by atoms with Crippen molar-refractivity contribution in [3.05, 3.63) is 34.9 Å². The van der Waals surface area contributed by atoms with Gasteiger partial charge in [0.25, 0.3) is 0 Å². The second-order valence-corrected chi connectivity index (χ2v) is 7.39. The Morgan fingerprint density at radius 1 is 1.05 bits per heavy atom. The lowest BCUT2D eigenvalue weighted by Crippen LogP contribution is -2.31. The maximum absolute atomic E-state index is 3.81. The molecular formula is C20H31N. The molecule has 0 radical (unpaired) electrons. The number of fused-ring (bicyclic) bond motifs is 1. The summed E-state index contributed by atoms with van der Waals surface area (Å²) in [7, 11) is 0. The minimum Gasteiger partial charge on any atom is -0.310 e. The van der Waals surface area contributed by atoms with E-state index in [-0.39, 0.29) is 0 Å². The Morgan fingerprint density at radius 3 is 2.62 bits per heavy atom. The van der Waals surface area contributed by atoms with E-state index in [0.717, 1.165) is 11.8 Å². The van der Waals surface area contributed by atoms with Gasteiger partial charge < -0.3 is 5.32 Å². The first kappa shape index (κ1) is 15.1. The Morgan fingerprint density at radius 2 is 1.81 bits per heavy atom. The molecular weight excluding hydrogens is 254 g/mol. The van der Waals surface area contributed by atoms with Crippen LogP contribution in [0.25, 0.3) is 0 Å². The average molecular weight is 285 g/mol. The van der Waals surface area contributed by atoms with Crippen LogP contribution in [-0.4, -0.2) is 6.54 Å². The van der Waals surface area contributed by atoms with Gasteiger partial charge in [-0.1, -0.05) is 44.4 Å². The molecule has 21 heavy (non-hydrogen) atoms. The van der Waals surface area contributed by atoms with E-state index in [1.54, 1.807) is 11.1 Å². The molecule has 2 aliphatic carbocycles. The number of hydrogen-bond donors (Lipinski definition) is 1. The van der Waals surface area contributed by atoms with Crippen LogP contribution < -0.4 is 5.32 Å². The van der Waals surface area contributed by atoms with Crippen molar-refractivity contribution in [1.29, 1.82) is 0 Å². The lowest BCUT2D eigenvalue weighted by atomic mass is 9.80. The number of nitrogens with one attached hydrogen (secondary N) is 1. The second-order valence-electron chi connectivity index (χ2n) is 7.39. The third-order valence-electron chi connectivity index (χ3n) is 5.85. The zero-order valence-corrected chi connectivity index (χ0v) is 13.8. The highest BCUT2D eigenvalue weighted by Gasteiger charge is 2.21. The molecule has 3 unspecified atom stereocenters. The molecule has 0 bridgehead atoms. The van der Waals surface area contributed by atoms with E-state index in [4.69, 9.17) is 0 Å². The van der Waals surface area contributed by atoms with Crippen LogP contribution in [-0.2, 0) is 12.8 Å². The number of aryl methyl sites for hydroxylation is 2. The van der Waals surface area contributed by atoms with Gasteiger partial charge in [-0.15, -0.1) is 0 Å². The number of hydrogen-bond acceptors (Lipinski definition) is 1. The highest BCUT2D eigenvalue weighted by Crippen LogP contribution is 2.30. The summed E-state index contributed by atoms with van der Waals surface area (Å²) in [5.41, 5.74) is 4.69. The molecule has 0 aliphatic heterocycles. The lowest BCUT2D eigenvalue weighted by molar-refractivity contribution is 0.242. The average Bonchev–Trinajstić information content (AvgIpc) is 2.53. The fraction of sp³-hybridized carbons (Fsp3) is 0.700. The standard InChI is InChI=1S/C20H31N/c1-15-7-3-4-10-20(15)14-21-16(2)18-12-11-17-8-5-6-9-19(17)13-18/h11-13,15-16,20-21H,3-10,14H2,1-2H3. The van der Waals surface area contributed by atoms with Crippen LogP contribution in [0.1, 0.15) is 75.1 Å². The predicted molar refractivity (Wildman–Crippen MR) is 90.6 cm³/mol. The Balaban J connectivity index is 1.58. The van der Waals surface area contributed by atoms with Gasteiger partial charge >= 0.3 is 0 Å². The molecule has 1 nitrogen and oxygen atoms in total. The first-order valence-electron chi connectivity index (χ1n) is 9.09. The summed E-state index contributed by atoms with van der Waals surface area (Å²) in [5.74, 6) is 1.79. The maximum atomic E-state index is 3.81. The molecule has 0 amide bonds. The minimum atomic E-state index is 0.492. The van der Waals surface area contributed by atoms with Gasteiger partial charge in [-0.3, -0.25) is 0 Å². The van der Waals surface area contributed by atoms with Gasteiger partial charge in [0.05, 0.1) is 0 Å². The van der Waals surface area contributed by atoms with Crippen LogP contribution in [0.4, 0.5) is 0 Å². The Bertz CT molecular complexity index is 465. The highest BCUT2D eigenvalue weighted by molar-refractivity contribution is 5.35. The molecule has 3 atom stereocenters. The van der Waals surface area contributed by atoms with Crippen molar-refractivity contribution in [2.24, 2.45) is 11.8 Å². The van der Waals surface area contributed by atoms with Crippen LogP contribution in [0.2, 0.25) is 0 Å². The molecule has 1 saturated carbocycles. The van der Waals surface area contributed by atoms with Crippen molar-refractivity contribution in [1.82, 2.24) is 5.32 Å². The van der Waals surface area contributed by atoms with Crippen molar-refractivity contribution in [2.75, 3.05) is 6.54 Å². The van der Waals surface area contributed by atoms with E-state index in [1.165, 1.54) is 63.5 Å². The van der Waals surface area contributed by atoms with Gasteiger partial charge in [-0.25, -0.2) is 0 Å². The molecule has 1 fully saturated rings. The molecule has 2 aliphatic rings. The van der Waals surface area contributed by atoms with Crippen molar-refractivity contribution < 1.29 is 0 Å². The zero-order chi connectivity index (χ0) is 14.7. The summed E-state index contributed by atoms with van der Waals surface area (Å²) in [4.78, 5) is 0. The smallest absolute Gasteiger partial charge is 0.0292 e. The fourth-order valence-electron chi connectivity index (χ4n) is 4.17. The van der Waals surface area contributed by atoms with Gasteiger partial charge in [0, 0.05) is 6.04 Å². The topological polar surface area (TPSA) is 12.0 Å². The van der Waals surface area contributed by atoms with Crippen molar-refractivity contribution in [2.45, 2.75) is 71.3 Å². The Hall–Kier alpha value is -0.820. The van der Waals surface area contributed by atoms with Crippen LogP contribution in [0.3, 0.4) is 0 Å². The Kier molecular flexibility index (Phi) is 5.00. The van der Waals surface area contributed by atoms with Crippen molar-refractivity contribution >= 4 is 0 Å². The quantitative estimate of drug-likeness (QED) is 0.817. The monoisotopic (exact) mass is 285 g/mol. The van der Waals surface area contributed by atoms with E-state index < -0.39 is 0 Å². The van der Waals surface area contributed by atoms with Crippen molar-refractivity contribution in [3.63, 3.8) is 0 Å². The van der Waals surface area contributed by atoms with Crippen LogP contribution in [0.15, 0.2) is 18.2 Å². The molecule has 1 N–H and O–H groups in total. The minimum absolute atomic E-state index is 0.492. The van der Waals surface area contributed by atoms with Crippen molar-refractivity contribution in [3.8, 4) is 0 Å². The van der Waals surface area contributed by atoms with Gasteiger partial charge in [-0.05, 0) is 74.1 Å². The van der Waals surface area contributed by atoms with E-state index in [1.807, 2.05) is 0 Å². The molecule has 0 saturated heterocycles. The van der Waals surface area contributed by atoms with Gasteiger partial charge in [-0.2, -0.15) is 0 Å². The third-order valence-corrected chi connectivity index (χ3v) is 5.85. The van der Waals surface area contributed by atoms with E-state index in [2.05, 4.69) is 37.4 Å². The Labute approximate surface area is 130 Å². The fourth-order valence-corrected chi connectivity index (χ4v) is 4.17. The first-order valence-corrected chi connectivity index (χ1v) is 9.09. The molecule has 3 rings (SSSR count). The van der Waals surface area contributed by atoms with Gasteiger partial charge in [0.2, 0.25) is 0 Å². The van der Waals surface area contributed by atoms with E-state index in [0.29, 0.717) is 6.04 Å². The molecule has 1 aromatic rings. The summed E-state index contributed by atoms with van der Waals surface area (Å²) in [6.07, 6.45) is 11.1. The summed E-state index contributed by atoms with van der Waals surface area (Å²) in [6, 6.07) is 7.69. The second kappa shape index (κ2) is 6.96. The highest BCUT2D eigenvalue weighted by atomic mass is 14.9. The summed E-state index contributed by atoms with van der Waals surface area (Å²) in [5, 5.41) is 3.81. The maximum Gasteiger partial charge on any atom is 0.0292 e. The zero-order valence-electron chi connectivity index (χ0n) is 13.8. The molecule has 1 aromatic carbocycles. The van der Waals surface area contributed by atoms with Crippen LogP contribution >= 0.6 is 0 Å². The van der Waals surface area contributed by atoms with Crippen LogP contribution in [0, 0.1) is 11.8 Å². The lowest BCUT2D eigenvalue weighted by Gasteiger charge is -2.30. The third kappa shape index (κ3) is 3.69. The molecule has 1 heteroatoms. The molecule has 116 valence electrons. The summed E-state index contributed by atoms with van der Waals surface area (Å²) in [6.45, 7) is 5.96. The normalized spacial score (nSPS) is 27.1. The molecule has 0 aromatic heterocycles. The largest absolute Gasteiger partial charge is 0.310 e. The molecule has 0 spiro atoms. The van der Waals surface area contributed by atoms with E-state index >= 15 is 0 Å². The summed E-state index contributed by atoms with van der Waals surface area (Å²) >= 11 is 0. The van der Waals surface area contributed by atoms with E-state index in [9.17, 15) is 0 Å². The molecule has 0 heterocycles. The number of benzene rings is 1. The van der Waals surface area contributed by atoms with Crippen LogP contribution in [0.5, 0.6) is 0 Å². The predicted octanol–water partition coefficient (Wildman–Crippen LogP) is 5.04. The first-order chi connectivity index (χ1) is 10.2.